The summed E-state index contributed by atoms with van der Waals surface area (Å²) in [6.07, 6.45) is 1.94. The molecule has 0 saturated carbocycles. The second kappa shape index (κ2) is 11.9. The summed E-state index contributed by atoms with van der Waals surface area (Å²) in [6, 6.07) is 72.5. The van der Waals surface area contributed by atoms with Gasteiger partial charge in [-0.2, -0.15) is 0 Å². The van der Waals surface area contributed by atoms with Gasteiger partial charge in [-0.1, -0.05) is 158 Å². The topological polar surface area (TPSA) is 12.9 Å². The minimum absolute atomic E-state index is 1.06. The second-order valence-corrected chi connectivity index (χ2v) is 16.5. The third-order valence-corrected chi connectivity index (χ3v) is 13.6. The first-order valence-electron chi connectivity index (χ1n) is 20.9. The number of aromatic nitrogens is 1. The first kappa shape index (κ1) is 32.1. The van der Waals surface area contributed by atoms with Gasteiger partial charge in [0, 0.05) is 28.3 Å². The maximum atomic E-state index is 5.06. The van der Waals surface area contributed by atoms with Gasteiger partial charge in [-0.3, -0.25) is 4.98 Å². The average molecular weight is 756 g/mol. The van der Waals surface area contributed by atoms with Crippen LogP contribution >= 0.6 is 0 Å². The molecule has 1 aromatic heterocycles. The van der Waals surface area contributed by atoms with E-state index in [1.54, 1.807) is 0 Å². The standard InChI is InChI=1S/C59H33N/c1-3-13-34(14-4-1)36-24-25-42-47(29-36)53(31-52-45-27-26-37(35-15-5-2-6-16-35)57-46-23-12-28-60-59(46)55(58(45)57)33-50(42)52)48-30-51-44-22-11-21-43-38-17-7-10-20-41(38)54(56(43)44)32-49(51)40-19-9-8-18-39(40)48/h1-33H. The zero-order chi connectivity index (χ0) is 39.1. The Morgan fingerprint density at radius 2 is 0.783 bits per heavy atom. The molecule has 0 aliphatic heterocycles. The molecule has 12 aromatic rings. The van der Waals surface area contributed by atoms with E-state index in [2.05, 4.69) is 194 Å². The summed E-state index contributed by atoms with van der Waals surface area (Å²) in [6.45, 7) is 0. The van der Waals surface area contributed by atoms with Gasteiger partial charge in [-0.05, 0) is 151 Å². The molecule has 0 atom stereocenters. The molecule has 1 nitrogen and oxygen atoms in total. The lowest BCUT2D eigenvalue weighted by Crippen LogP contribution is -1.92. The zero-order valence-corrected chi connectivity index (χ0v) is 32.5. The lowest BCUT2D eigenvalue weighted by molar-refractivity contribution is 1.35. The van der Waals surface area contributed by atoms with Crippen LogP contribution in [0.25, 0.3) is 143 Å². The Bertz CT molecular complexity index is 3860. The number of hydrogen-bond donors (Lipinski definition) is 0. The van der Waals surface area contributed by atoms with Gasteiger partial charge in [0.1, 0.15) is 0 Å². The molecule has 274 valence electrons. The van der Waals surface area contributed by atoms with E-state index in [1.165, 1.54) is 137 Å². The molecule has 0 N–H and O–H groups in total. The van der Waals surface area contributed by atoms with Gasteiger partial charge in [-0.15, -0.1) is 0 Å². The van der Waals surface area contributed by atoms with Crippen molar-refractivity contribution < 1.29 is 0 Å². The molecule has 0 bridgehead atoms. The summed E-state index contributed by atoms with van der Waals surface area (Å²) in [7, 11) is 0. The van der Waals surface area contributed by atoms with Crippen LogP contribution in [0.5, 0.6) is 0 Å². The third kappa shape index (κ3) is 4.23. The molecular weight excluding hydrogens is 723 g/mol. The molecule has 0 unspecified atom stereocenters. The van der Waals surface area contributed by atoms with Gasteiger partial charge in [0.05, 0.1) is 5.69 Å². The Balaban J connectivity index is 1.14. The molecule has 2 aliphatic carbocycles. The summed E-state index contributed by atoms with van der Waals surface area (Å²) in [5.41, 5.74) is 17.5. The number of hydrogen-bond acceptors (Lipinski definition) is 1. The molecule has 0 spiro atoms. The van der Waals surface area contributed by atoms with E-state index < -0.39 is 0 Å². The molecular formula is C59H33N. The zero-order valence-electron chi connectivity index (χ0n) is 32.5. The number of rotatable bonds is 3. The van der Waals surface area contributed by atoms with E-state index in [9.17, 15) is 0 Å². The Morgan fingerprint density at radius 3 is 1.58 bits per heavy atom. The summed E-state index contributed by atoms with van der Waals surface area (Å²) in [5.74, 6) is 0. The predicted molar refractivity (Wildman–Crippen MR) is 254 cm³/mol. The van der Waals surface area contributed by atoms with Crippen molar-refractivity contribution >= 4 is 64.6 Å². The highest BCUT2D eigenvalue weighted by Gasteiger charge is 2.29. The van der Waals surface area contributed by atoms with Crippen molar-refractivity contribution in [3.8, 4) is 78.0 Å². The first-order chi connectivity index (χ1) is 29.8. The van der Waals surface area contributed by atoms with E-state index in [-0.39, 0.29) is 0 Å². The largest absolute Gasteiger partial charge is 0.256 e. The van der Waals surface area contributed by atoms with Crippen LogP contribution in [0.15, 0.2) is 200 Å². The highest BCUT2D eigenvalue weighted by atomic mass is 14.7. The van der Waals surface area contributed by atoms with Crippen molar-refractivity contribution in [3.05, 3.63) is 200 Å². The molecule has 14 rings (SSSR count). The molecule has 11 aromatic carbocycles. The summed E-state index contributed by atoms with van der Waals surface area (Å²) in [5, 5.41) is 15.4. The van der Waals surface area contributed by atoms with Crippen molar-refractivity contribution in [3.63, 3.8) is 0 Å². The lowest BCUT2D eigenvalue weighted by Gasteiger charge is -2.19. The molecule has 1 heteroatoms. The summed E-state index contributed by atoms with van der Waals surface area (Å²) < 4.78 is 0. The average Bonchev–Trinajstić information content (AvgIpc) is 3.83. The molecule has 1 heterocycles. The van der Waals surface area contributed by atoms with Gasteiger partial charge in [0.15, 0.2) is 0 Å². The molecule has 0 radical (unpaired) electrons. The molecule has 0 amide bonds. The lowest BCUT2D eigenvalue weighted by atomic mass is 9.84. The van der Waals surface area contributed by atoms with Crippen LogP contribution < -0.4 is 0 Å². The maximum Gasteiger partial charge on any atom is 0.0787 e. The highest BCUT2D eigenvalue weighted by Crippen LogP contribution is 2.55. The quantitative estimate of drug-likeness (QED) is 0.164. The maximum absolute atomic E-state index is 5.06. The Labute approximate surface area is 346 Å². The van der Waals surface area contributed by atoms with Crippen molar-refractivity contribution in [2.75, 3.05) is 0 Å². The normalized spacial score (nSPS) is 12.3. The van der Waals surface area contributed by atoms with Crippen molar-refractivity contribution in [1.29, 1.82) is 0 Å². The highest BCUT2D eigenvalue weighted by molar-refractivity contribution is 6.32. The van der Waals surface area contributed by atoms with Crippen LogP contribution in [0, 0.1) is 0 Å². The van der Waals surface area contributed by atoms with E-state index in [4.69, 9.17) is 4.98 Å². The van der Waals surface area contributed by atoms with Gasteiger partial charge in [-0.25, -0.2) is 0 Å². The minimum Gasteiger partial charge on any atom is -0.256 e. The number of pyridine rings is 1. The van der Waals surface area contributed by atoms with E-state index >= 15 is 0 Å². The smallest absolute Gasteiger partial charge is 0.0787 e. The predicted octanol–water partition coefficient (Wildman–Crippen LogP) is 16.3. The van der Waals surface area contributed by atoms with Crippen molar-refractivity contribution in [1.82, 2.24) is 4.98 Å². The van der Waals surface area contributed by atoms with E-state index in [1.807, 2.05) is 6.20 Å². The second-order valence-electron chi connectivity index (χ2n) is 16.5. The monoisotopic (exact) mass is 755 g/mol. The van der Waals surface area contributed by atoms with Gasteiger partial charge >= 0.3 is 0 Å². The summed E-state index contributed by atoms with van der Waals surface area (Å²) in [4.78, 5) is 5.06. The fourth-order valence-electron chi connectivity index (χ4n) is 11.0. The molecule has 0 saturated heterocycles. The first-order valence-corrected chi connectivity index (χ1v) is 20.9. The Morgan fingerprint density at radius 1 is 0.233 bits per heavy atom. The van der Waals surface area contributed by atoms with Crippen LogP contribution in [0.4, 0.5) is 0 Å². The number of fused-ring (bicyclic) bond motifs is 14. The fraction of sp³-hybridized carbons (Fsp3) is 0. The van der Waals surface area contributed by atoms with Crippen LogP contribution in [0.1, 0.15) is 0 Å². The van der Waals surface area contributed by atoms with Gasteiger partial charge in [0.25, 0.3) is 0 Å². The van der Waals surface area contributed by atoms with Gasteiger partial charge in [0.2, 0.25) is 0 Å². The SMILES string of the molecule is c1ccc(-c2ccc3c(c2)c(-c2cc4c5cccc6c5c(cc4c4ccccc24)-c2ccccc2-6)cc2c4ccc(-c5ccccc5)c5c4c(cc32)-c2ncccc2-5)cc1. The molecule has 0 fully saturated rings. The van der Waals surface area contributed by atoms with Gasteiger partial charge < -0.3 is 0 Å². The third-order valence-electron chi connectivity index (χ3n) is 13.6. The number of benzene rings is 11. The van der Waals surface area contributed by atoms with Crippen LogP contribution in [-0.4, -0.2) is 4.98 Å². The van der Waals surface area contributed by atoms with Crippen molar-refractivity contribution in [2.24, 2.45) is 0 Å². The molecule has 60 heavy (non-hydrogen) atoms. The Kier molecular flexibility index (Phi) is 6.35. The molecule has 2 aliphatic rings. The number of nitrogens with zero attached hydrogens (tertiary/aromatic N) is 1. The van der Waals surface area contributed by atoms with Crippen LogP contribution in [0.3, 0.4) is 0 Å². The van der Waals surface area contributed by atoms with E-state index in [0.29, 0.717) is 0 Å². The van der Waals surface area contributed by atoms with E-state index in [0.717, 1.165) is 5.69 Å². The van der Waals surface area contributed by atoms with Crippen molar-refractivity contribution in [2.45, 2.75) is 0 Å². The fourth-order valence-corrected chi connectivity index (χ4v) is 11.0. The Hall–Kier alpha value is -7.87. The van der Waals surface area contributed by atoms with Crippen LogP contribution in [-0.2, 0) is 0 Å². The van der Waals surface area contributed by atoms with Crippen LogP contribution in [0.2, 0.25) is 0 Å². The minimum atomic E-state index is 1.06. The summed E-state index contributed by atoms with van der Waals surface area (Å²) >= 11 is 0.